The van der Waals surface area contributed by atoms with Crippen LogP contribution >= 0.6 is 11.3 Å². The summed E-state index contributed by atoms with van der Waals surface area (Å²) in [6, 6.07) is 14.8. The molecule has 1 aliphatic rings. The second-order valence-electron chi connectivity index (χ2n) is 7.42. The molecule has 0 aliphatic carbocycles. The number of nitrogens with zero attached hydrogens (tertiary/aromatic N) is 1. The first-order valence-electron chi connectivity index (χ1n) is 9.93. The molecule has 1 fully saturated rings. The van der Waals surface area contributed by atoms with Gasteiger partial charge in [0, 0.05) is 10.6 Å². The molecule has 0 unspecified atom stereocenters. The van der Waals surface area contributed by atoms with Gasteiger partial charge in [0.05, 0.1) is 5.56 Å². The average Bonchev–Trinajstić information content (AvgIpc) is 3.36. The molecule has 1 aromatic heterocycles. The lowest BCUT2D eigenvalue weighted by Gasteiger charge is -2.12. The number of carboxylic acid groups (broad SMARTS) is 1. The Morgan fingerprint density at radius 1 is 1.09 bits per heavy atom. The fourth-order valence-corrected chi connectivity index (χ4v) is 4.10. The number of hydrogen-bond acceptors (Lipinski definition) is 5. The quantitative estimate of drug-likeness (QED) is 0.380. The molecule has 1 aliphatic heterocycles. The monoisotopic (exact) mass is 461 g/mol. The van der Waals surface area contributed by atoms with E-state index in [1.54, 1.807) is 36.4 Å². The van der Waals surface area contributed by atoms with Gasteiger partial charge in [0.1, 0.15) is 12.2 Å². The van der Waals surface area contributed by atoms with Gasteiger partial charge in [-0.1, -0.05) is 29.8 Å². The maximum absolute atomic E-state index is 12.7. The highest BCUT2D eigenvalue weighted by molar-refractivity contribution is 7.11. The Bertz CT molecular complexity index is 1290. The molecule has 166 valence electrons. The van der Waals surface area contributed by atoms with Crippen LogP contribution in [0.3, 0.4) is 0 Å². The predicted octanol–water partition coefficient (Wildman–Crippen LogP) is 3.95. The number of urea groups is 1. The van der Waals surface area contributed by atoms with E-state index >= 15 is 0 Å². The Kier molecular flexibility index (Phi) is 6.05. The van der Waals surface area contributed by atoms with Crippen LogP contribution in [0.25, 0.3) is 17.2 Å². The summed E-state index contributed by atoms with van der Waals surface area (Å²) in [5.41, 5.74) is 3.38. The first-order chi connectivity index (χ1) is 15.8. The highest BCUT2D eigenvalue weighted by atomic mass is 32.1. The molecule has 0 atom stereocenters. The lowest BCUT2D eigenvalue weighted by molar-refractivity contribution is -0.127. The fourth-order valence-electron chi connectivity index (χ4n) is 3.25. The largest absolute Gasteiger partial charge is 0.478 e. The van der Waals surface area contributed by atoms with Gasteiger partial charge in [-0.3, -0.25) is 9.59 Å². The van der Waals surface area contributed by atoms with Gasteiger partial charge in [-0.25, -0.2) is 14.5 Å². The molecule has 0 radical (unpaired) electrons. The van der Waals surface area contributed by atoms with E-state index in [-0.39, 0.29) is 11.3 Å². The molecule has 2 aromatic carbocycles. The molecule has 33 heavy (non-hydrogen) atoms. The molecule has 4 amide bonds. The summed E-state index contributed by atoms with van der Waals surface area (Å²) in [4.78, 5) is 50.0. The number of aromatic carboxylic acids is 1. The summed E-state index contributed by atoms with van der Waals surface area (Å²) in [6.07, 6.45) is 1.54. The van der Waals surface area contributed by atoms with E-state index < -0.39 is 30.4 Å². The number of carboxylic acids is 1. The molecule has 1 saturated heterocycles. The fraction of sp³-hybridized carbons (Fsp3) is 0.0833. The molecule has 8 nitrogen and oxygen atoms in total. The van der Waals surface area contributed by atoms with Gasteiger partial charge in [-0.2, -0.15) is 0 Å². The van der Waals surface area contributed by atoms with Crippen molar-refractivity contribution < 1.29 is 24.3 Å². The maximum Gasteiger partial charge on any atom is 0.335 e. The number of carbonyl (C=O) groups is 4. The predicted molar refractivity (Wildman–Crippen MR) is 125 cm³/mol. The Morgan fingerprint density at radius 3 is 2.58 bits per heavy atom. The smallest absolute Gasteiger partial charge is 0.335 e. The molecule has 4 rings (SSSR count). The number of carbonyl (C=O) groups excluding carboxylic acids is 3. The van der Waals surface area contributed by atoms with Crippen molar-refractivity contribution >= 4 is 46.9 Å². The number of rotatable bonds is 6. The van der Waals surface area contributed by atoms with Crippen LogP contribution < -0.4 is 10.6 Å². The van der Waals surface area contributed by atoms with Crippen LogP contribution in [0.5, 0.6) is 0 Å². The maximum atomic E-state index is 12.7. The normalized spacial score (nSPS) is 14.5. The summed E-state index contributed by atoms with van der Waals surface area (Å²) < 4.78 is 0. The van der Waals surface area contributed by atoms with Crippen molar-refractivity contribution in [2.24, 2.45) is 0 Å². The van der Waals surface area contributed by atoms with Gasteiger partial charge in [-0.05, 0) is 59.8 Å². The number of hydrogen-bond donors (Lipinski definition) is 3. The average molecular weight is 461 g/mol. The molecule has 0 bridgehead atoms. The molecule has 3 aromatic rings. The lowest BCUT2D eigenvalue weighted by atomic mass is 10.1. The third-order valence-electron chi connectivity index (χ3n) is 4.95. The van der Waals surface area contributed by atoms with E-state index in [1.807, 2.05) is 24.4 Å². The van der Waals surface area contributed by atoms with E-state index in [2.05, 4.69) is 10.6 Å². The zero-order valence-electron chi connectivity index (χ0n) is 17.5. The van der Waals surface area contributed by atoms with Crippen molar-refractivity contribution in [3.8, 4) is 11.1 Å². The zero-order chi connectivity index (χ0) is 23.5. The number of anilines is 1. The summed E-state index contributed by atoms with van der Waals surface area (Å²) >= 11 is 1.34. The van der Waals surface area contributed by atoms with E-state index in [9.17, 15) is 19.2 Å². The van der Waals surface area contributed by atoms with Crippen LogP contribution in [-0.4, -0.2) is 40.4 Å². The van der Waals surface area contributed by atoms with Gasteiger partial charge in [-0.15, -0.1) is 11.3 Å². The molecular formula is C24H19N3O5S. The van der Waals surface area contributed by atoms with Gasteiger partial charge in [0.25, 0.3) is 5.91 Å². The third kappa shape index (κ3) is 4.99. The highest BCUT2D eigenvalue weighted by Crippen LogP contribution is 2.28. The second-order valence-corrected chi connectivity index (χ2v) is 8.36. The van der Waals surface area contributed by atoms with E-state index in [4.69, 9.17) is 5.11 Å². The van der Waals surface area contributed by atoms with E-state index in [0.717, 1.165) is 21.6 Å². The molecular weight excluding hydrogens is 442 g/mol. The van der Waals surface area contributed by atoms with Crippen molar-refractivity contribution in [3.05, 3.63) is 81.7 Å². The Labute approximate surface area is 193 Å². The van der Waals surface area contributed by atoms with Crippen LogP contribution in [0.4, 0.5) is 10.5 Å². The minimum absolute atomic E-state index is 0.0656. The molecule has 3 N–H and O–H groups in total. The summed E-state index contributed by atoms with van der Waals surface area (Å²) in [5.74, 6) is -2.10. The molecule has 0 spiro atoms. The number of imide groups is 1. The van der Waals surface area contributed by atoms with Crippen molar-refractivity contribution in [2.75, 3.05) is 11.9 Å². The molecule has 2 heterocycles. The zero-order valence-corrected chi connectivity index (χ0v) is 18.3. The van der Waals surface area contributed by atoms with Crippen LogP contribution in [0.1, 0.15) is 20.8 Å². The van der Waals surface area contributed by atoms with E-state index in [1.165, 1.54) is 23.5 Å². The topological polar surface area (TPSA) is 116 Å². The van der Waals surface area contributed by atoms with Gasteiger partial charge >= 0.3 is 12.0 Å². The standard InChI is InChI=1S/C24H19N3O5S/c1-14-5-7-18(8-6-14)25-21(28)12-27-22(29)20(26-24(27)32)11-19-10-17(13-33-19)15-3-2-4-16(9-15)23(30)31/h2-11,13H,12H2,1H3,(H,25,28)(H,26,32)(H,30,31). The van der Waals surface area contributed by atoms with Crippen molar-refractivity contribution in [3.63, 3.8) is 0 Å². The van der Waals surface area contributed by atoms with Crippen LogP contribution in [0.2, 0.25) is 0 Å². The lowest BCUT2D eigenvalue weighted by Crippen LogP contribution is -2.38. The third-order valence-corrected chi connectivity index (χ3v) is 5.83. The van der Waals surface area contributed by atoms with Crippen LogP contribution in [0.15, 0.2) is 65.7 Å². The first-order valence-corrected chi connectivity index (χ1v) is 10.8. The SMILES string of the molecule is Cc1ccc(NC(=O)CN2C(=O)NC(=Cc3cc(-c4cccc(C(=O)O)c4)cs3)C2=O)cc1. The van der Waals surface area contributed by atoms with E-state index in [0.29, 0.717) is 10.6 Å². The van der Waals surface area contributed by atoms with Gasteiger partial charge in [0.2, 0.25) is 5.91 Å². The number of aryl methyl sites for hydroxylation is 1. The minimum Gasteiger partial charge on any atom is -0.478 e. The van der Waals surface area contributed by atoms with Crippen molar-refractivity contribution in [2.45, 2.75) is 6.92 Å². The van der Waals surface area contributed by atoms with Crippen molar-refractivity contribution in [1.82, 2.24) is 10.2 Å². The number of nitrogens with one attached hydrogen (secondary N) is 2. The molecule has 0 saturated carbocycles. The van der Waals surface area contributed by atoms with Gasteiger partial charge < -0.3 is 15.7 Å². The minimum atomic E-state index is -1.01. The summed E-state index contributed by atoms with van der Waals surface area (Å²) in [7, 11) is 0. The molecule has 9 heteroatoms. The summed E-state index contributed by atoms with van der Waals surface area (Å²) in [5, 5.41) is 16.2. The van der Waals surface area contributed by atoms with Crippen LogP contribution in [-0.2, 0) is 9.59 Å². The highest BCUT2D eigenvalue weighted by Gasteiger charge is 2.35. The number of benzene rings is 2. The Hall–Kier alpha value is -4.24. The first kappa shape index (κ1) is 22.0. The summed E-state index contributed by atoms with van der Waals surface area (Å²) in [6.45, 7) is 1.52. The second kappa shape index (κ2) is 9.09. The number of amides is 4. The van der Waals surface area contributed by atoms with Crippen LogP contribution in [0, 0.1) is 6.92 Å². The van der Waals surface area contributed by atoms with Gasteiger partial charge in [0.15, 0.2) is 0 Å². The Morgan fingerprint density at radius 2 is 1.85 bits per heavy atom. The number of thiophene rings is 1. The Balaban J connectivity index is 1.45. The van der Waals surface area contributed by atoms with Crippen molar-refractivity contribution in [1.29, 1.82) is 0 Å².